The van der Waals surface area contributed by atoms with E-state index in [0.29, 0.717) is 11.1 Å². The minimum Gasteiger partial charge on any atom is -0.506 e. The summed E-state index contributed by atoms with van der Waals surface area (Å²) in [6.07, 6.45) is 0. The number of aromatic hydroxyl groups is 2. The fraction of sp³-hybridized carbons (Fsp3) is 0.161. The molecular weight excluding hydrogens is 528 g/mol. The van der Waals surface area contributed by atoms with Gasteiger partial charge in [0.15, 0.2) is 5.78 Å². The minimum absolute atomic E-state index is 0.0691. The average Bonchev–Trinajstić information content (AvgIpc) is 2.92. The number of phenolic OH excluding ortho intramolecular Hbond substituents is 2. The smallest absolute Gasteiger partial charge is 0.255 e. The van der Waals surface area contributed by atoms with Gasteiger partial charge in [-0.2, -0.15) is 0 Å². The van der Waals surface area contributed by atoms with Gasteiger partial charge in [-0.3, -0.25) is 9.59 Å². The molecule has 8 nitrogen and oxygen atoms in total. The molecular formula is C31H30N2O6S. The highest BCUT2D eigenvalue weighted by Crippen LogP contribution is 2.33. The molecule has 0 fully saturated rings. The van der Waals surface area contributed by atoms with Crippen LogP contribution >= 0.6 is 0 Å². The zero-order valence-electron chi connectivity index (χ0n) is 22.6. The molecule has 0 unspecified atom stereocenters. The van der Waals surface area contributed by atoms with Crippen LogP contribution in [0.15, 0.2) is 82.6 Å². The summed E-state index contributed by atoms with van der Waals surface area (Å²) in [4.78, 5) is 25.1. The number of anilines is 2. The van der Waals surface area contributed by atoms with E-state index in [1.165, 1.54) is 36.4 Å². The molecule has 0 saturated carbocycles. The first-order valence-corrected chi connectivity index (χ1v) is 14.0. The molecule has 1 amide bonds. The Hall–Kier alpha value is -4.63. The number of hydrogen-bond donors (Lipinski definition) is 4. The van der Waals surface area contributed by atoms with E-state index in [-0.39, 0.29) is 45.0 Å². The first-order valence-electron chi connectivity index (χ1n) is 12.5. The van der Waals surface area contributed by atoms with Gasteiger partial charge in [-0.05, 0) is 105 Å². The summed E-state index contributed by atoms with van der Waals surface area (Å²) in [6.45, 7) is 7.49. The second kappa shape index (κ2) is 11.2. The maximum Gasteiger partial charge on any atom is 0.255 e. The largest absolute Gasteiger partial charge is 0.506 e. The number of carbonyl (C=O) groups excluding carboxylic acids is 2. The van der Waals surface area contributed by atoms with E-state index in [4.69, 9.17) is 0 Å². The van der Waals surface area contributed by atoms with Crippen molar-refractivity contribution < 1.29 is 28.2 Å². The second-order valence-corrected chi connectivity index (χ2v) is 11.6. The number of aryl methyl sites for hydroxylation is 4. The van der Waals surface area contributed by atoms with Crippen molar-refractivity contribution in [3.05, 3.63) is 106 Å². The van der Waals surface area contributed by atoms with Crippen molar-refractivity contribution in [1.82, 2.24) is 0 Å². The zero-order valence-corrected chi connectivity index (χ0v) is 23.4. The lowest BCUT2D eigenvalue weighted by molar-refractivity contribution is 0.100. The molecule has 0 aliphatic rings. The van der Waals surface area contributed by atoms with Gasteiger partial charge in [-0.25, -0.2) is 8.42 Å². The number of Topliss-reactive ketones (excluding diaryl/α,β-unsaturated/α-hetero) is 1. The van der Waals surface area contributed by atoms with Gasteiger partial charge in [-0.1, -0.05) is 18.2 Å². The lowest BCUT2D eigenvalue weighted by Crippen LogP contribution is -2.15. The number of ketones is 1. The van der Waals surface area contributed by atoms with E-state index >= 15 is 0 Å². The summed E-state index contributed by atoms with van der Waals surface area (Å²) < 4.78 is 26.9. The van der Waals surface area contributed by atoms with Gasteiger partial charge < -0.3 is 20.8 Å². The zero-order chi connectivity index (χ0) is 29.2. The molecule has 4 aromatic rings. The Morgan fingerprint density at radius 1 is 0.650 bits per heavy atom. The first-order chi connectivity index (χ1) is 18.9. The topological polar surface area (TPSA) is 133 Å². The molecule has 40 heavy (non-hydrogen) atoms. The highest BCUT2D eigenvalue weighted by Gasteiger charge is 2.22. The Balaban J connectivity index is 1.56. The Labute approximate surface area is 233 Å². The quantitative estimate of drug-likeness (QED) is 0.161. The number of phenols is 2. The number of benzene rings is 4. The third-order valence-electron chi connectivity index (χ3n) is 6.84. The summed E-state index contributed by atoms with van der Waals surface area (Å²) in [5.41, 5.74) is 4.83. The Kier molecular flexibility index (Phi) is 7.97. The Bertz CT molecular complexity index is 1750. The van der Waals surface area contributed by atoms with Crippen molar-refractivity contribution in [2.24, 2.45) is 0 Å². The van der Waals surface area contributed by atoms with E-state index in [1.807, 2.05) is 33.8 Å². The molecule has 0 aliphatic carbocycles. The number of sulfone groups is 1. The summed E-state index contributed by atoms with van der Waals surface area (Å²) in [6, 6.07) is 17.8. The average molecular weight is 559 g/mol. The number of rotatable bonds is 8. The highest BCUT2D eigenvalue weighted by atomic mass is 32.2. The van der Waals surface area contributed by atoms with Crippen molar-refractivity contribution in [2.45, 2.75) is 37.5 Å². The van der Waals surface area contributed by atoms with Crippen LogP contribution in [0.1, 0.15) is 43.0 Å². The predicted octanol–water partition coefficient (Wildman–Crippen LogP) is 5.71. The fourth-order valence-electron chi connectivity index (χ4n) is 4.01. The third kappa shape index (κ3) is 6.00. The standard InChI is InChI=1S/C31H30N2O6S/c1-18-5-7-22(13-20(18)3)30(36)17-32-26-15-24(9-11-28(26)34)40(38,39)25-10-12-29(35)27(16-25)33-31(37)23-8-6-19(2)21(4)14-23/h5-16,32,34-35H,17H2,1-4H3,(H,33,37). The summed E-state index contributed by atoms with van der Waals surface area (Å²) in [5.74, 6) is -1.25. The van der Waals surface area contributed by atoms with Gasteiger partial charge in [0.05, 0.1) is 27.7 Å². The van der Waals surface area contributed by atoms with E-state index in [0.717, 1.165) is 22.3 Å². The van der Waals surface area contributed by atoms with Crippen LogP contribution in [-0.2, 0) is 9.84 Å². The normalized spacial score (nSPS) is 11.2. The predicted molar refractivity (Wildman–Crippen MR) is 154 cm³/mol. The first kappa shape index (κ1) is 28.4. The van der Waals surface area contributed by atoms with Gasteiger partial charge in [0.2, 0.25) is 9.84 Å². The van der Waals surface area contributed by atoms with E-state index in [9.17, 15) is 28.2 Å². The van der Waals surface area contributed by atoms with Crippen molar-refractivity contribution in [2.75, 3.05) is 17.2 Å². The molecule has 0 heterocycles. The van der Waals surface area contributed by atoms with Gasteiger partial charge in [0.25, 0.3) is 5.91 Å². The molecule has 206 valence electrons. The third-order valence-corrected chi connectivity index (χ3v) is 8.59. The van der Waals surface area contributed by atoms with Crippen LogP contribution < -0.4 is 10.6 Å². The van der Waals surface area contributed by atoms with Crippen molar-refractivity contribution in [1.29, 1.82) is 0 Å². The van der Waals surface area contributed by atoms with Gasteiger partial charge in [-0.15, -0.1) is 0 Å². The molecule has 0 aromatic heterocycles. The van der Waals surface area contributed by atoms with Crippen LogP contribution in [0.4, 0.5) is 11.4 Å². The van der Waals surface area contributed by atoms with Crippen LogP contribution in [-0.4, -0.2) is 36.9 Å². The van der Waals surface area contributed by atoms with Gasteiger partial charge >= 0.3 is 0 Å². The number of amides is 1. The molecule has 4 N–H and O–H groups in total. The highest BCUT2D eigenvalue weighted by molar-refractivity contribution is 7.91. The lowest BCUT2D eigenvalue weighted by atomic mass is 10.0. The van der Waals surface area contributed by atoms with Crippen LogP contribution in [0, 0.1) is 27.7 Å². The van der Waals surface area contributed by atoms with Crippen molar-refractivity contribution >= 4 is 32.9 Å². The SMILES string of the molecule is Cc1ccc(C(=O)CNc2cc(S(=O)(=O)c3ccc(O)c(NC(=O)c4ccc(C)c(C)c4)c3)ccc2O)cc1C. The number of hydrogen-bond acceptors (Lipinski definition) is 7. The number of carbonyl (C=O) groups is 2. The molecule has 9 heteroatoms. The molecule has 4 rings (SSSR count). The van der Waals surface area contributed by atoms with Gasteiger partial charge in [0, 0.05) is 11.1 Å². The summed E-state index contributed by atoms with van der Waals surface area (Å²) in [5, 5.41) is 26.0. The van der Waals surface area contributed by atoms with Crippen molar-refractivity contribution in [3.63, 3.8) is 0 Å². The van der Waals surface area contributed by atoms with Crippen LogP contribution in [0.2, 0.25) is 0 Å². The van der Waals surface area contributed by atoms with Crippen molar-refractivity contribution in [3.8, 4) is 11.5 Å². The van der Waals surface area contributed by atoms with E-state index in [1.54, 1.807) is 30.3 Å². The molecule has 0 radical (unpaired) electrons. The second-order valence-electron chi connectivity index (χ2n) is 9.69. The summed E-state index contributed by atoms with van der Waals surface area (Å²) >= 11 is 0. The summed E-state index contributed by atoms with van der Waals surface area (Å²) in [7, 11) is -4.13. The maximum absolute atomic E-state index is 13.5. The molecule has 0 saturated heterocycles. The minimum atomic E-state index is -4.13. The molecule has 0 spiro atoms. The fourth-order valence-corrected chi connectivity index (χ4v) is 5.32. The maximum atomic E-state index is 13.5. The van der Waals surface area contributed by atoms with E-state index < -0.39 is 15.7 Å². The molecule has 0 bridgehead atoms. The Morgan fingerprint density at radius 3 is 1.73 bits per heavy atom. The van der Waals surface area contributed by atoms with Crippen LogP contribution in [0.25, 0.3) is 0 Å². The van der Waals surface area contributed by atoms with E-state index in [2.05, 4.69) is 10.6 Å². The molecule has 4 aromatic carbocycles. The Morgan fingerprint density at radius 2 is 1.15 bits per heavy atom. The van der Waals surface area contributed by atoms with Crippen LogP contribution in [0.5, 0.6) is 11.5 Å². The van der Waals surface area contributed by atoms with Gasteiger partial charge in [0.1, 0.15) is 11.5 Å². The molecule has 0 aliphatic heterocycles. The monoisotopic (exact) mass is 558 g/mol. The molecule has 0 atom stereocenters. The lowest BCUT2D eigenvalue weighted by Gasteiger charge is -2.13. The number of nitrogens with one attached hydrogen (secondary N) is 2. The van der Waals surface area contributed by atoms with Crippen LogP contribution in [0.3, 0.4) is 0 Å².